The van der Waals surface area contributed by atoms with Gasteiger partial charge >= 0.3 is 0 Å². The maximum atomic E-state index is 13.7. The van der Waals surface area contributed by atoms with Gasteiger partial charge in [-0.3, -0.25) is 0 Å². The maximum Gasteiger partial charge on any atom is 0.173 e. The first-order valence-electron chi connectivity index (χ1n) is 5.83. The molecule has 104 valence electrons. The number of ether oxygens (including phenoxy) is 1. The van der Waals surface area contributed by atoms with E-state index in [0.29, 0.717) is 18.1 Å². The molecule has 0 aromatic heterocycles. The smallest absolute Gasteiger partial charge is 0.173 e. The zero-order valence-electron chi connectivity index (χ0n) is 10.9. The second-order valence-electron chi connectivity index (χ2n) is 4.48. The molecule has 1 aromatic carbocycles. The van der Waals surface area contributed by atoms with Gasteiger partial charge in [0, 0.05) is 6.04 Å². The van der Waals surface area contributed by atoms with Gasteiger partial charge in [-0.2, -0.15) is 0 Å². The lowest BCUT2D eigenvalue weighted by atomic mass is 9.98. The van der Waals surface area contributed by atoms with Crippen LogP contribution in [0, 0.1) is 11.7 Å². The molecular formula is C13H20Cl2FNO. The van der Waals surface area contributed by atoms with Gasteiger partial charge in [0.05, 0.1) is 11.6 Å². The Kier molecular flexibility index (Phi) is 7.60. The molecule has 0 aliphatic carbocycles. The van der Waals surface area contributed by atoms with Crippen molar-refractivity contribution in [3.05, 3.63) is 28.5 Å². The summed E-state index contributed by atoms with van der Waals surface area (Å²) in [6.45, 7) is 6.32. The zero-order valence-corrected chi connectivity index (χ0v) is 12.4. The molecule has 18 heavy (non-hydrogen) atoms. The van der Waals surface area contributed by atoms with Crippen LogP contribution in [0.2, 0.25) is 5.02 Å². The van der Waals surface area contributed by atoms with Crippen molar-refractivity contribution >= 4 is 24.0 Å². The minimum Gasteiger partial charge on any atom is -0.489 e. The van der Waals surface area contributed by atoms with E-state index in [2.05, 4.69) is 13.8 Å². The number of nitrogens with two attached hydrogens (primary N) is 1. The standard InChI is InChI=1S/C13H19ClFNO.ClH/c1-4-17-13-10(14)6-9(7-11(13)15)12(16)5-8(2)3;/h6-8,12H,4-5,16H2,1-3H3;1H/t12-;/m0./s1. The zero-order chi connectivity index (χ0) is 13.0. The molecule has 0 saturated carbocycles. The molecule has 1 rings (SSSR count). The molecule has 0 saturated heterocycles. The maximum absolute atomic E-state index is 13.7. The second kappa shape index (κ2) is 7.82. The Balaban J connectivity index is 0.00000289. The largest absolute Gasteiger partial charge is 0.489 e. The number of rotatable bonds is 5. The van der Waals surface area contributed by atoms with E-state index >= 15 is 0 Å². The van der Waals surface area contributed by atoms with Crippen molar-refractivity contribution in [2.24, 2.45) is 11.7 Å². The first-order chi connectivity index (χ1) is 7.95. The quantitative estimate of drug-likeness (QED) is 0.877. The summed E-state index contributed by atoms with van der Waals surface area (Å²) in [7, 11) is 0. The third-order valence-corrected chi connectivity index (χ3v) is 2.74. The van der Waals surface area contributed by atoms with Crippen LogP contribution in [0.1, 0.15) is 38.8 Å². The summed E-state index contributed by atoms with van der Waals surface area (Å²) < 4.78 is 18.9. The Labute approximate surface area is 119 Å². The van der Waals surface area contributed by atoms with Crippen molar-refractivity contribution < 1.29 is 9.13 Å². The first kappa shape index (κ1) is 17.5. The van der Waals surface area contributed by atoms with Crippen molar-refractivity contribution in [2.45, 2.75) is 33.2 Å². The second-order valence-corrected chi connectivity index (χ2v) is 4.89. The predicted molar refractivity (Wildman–Crippen MR) is 76.2 cm³/mol. The molecule has 0 aliphatic heterocycles. The van der Waals surface area contributed by atoms with Crippen LogP contribution < -0.4 is 10.5 Å². The Hall–Kier alpha value is -0.510. The van der Waals surface area contributed by atoms with E-state index in [9.17, 15) is 4.39 Å². The van der Waals surface area contributed by atoms with Gasteiger partial charge in [0.1, 0.15) is 0 Å². The molecule has 1 atom stereocenters. The van der Waals surface area contributed by atoms with Crippen LogP contribution >= 0.6 is 24.0 Å². The monoisotopic (exact) mass is 295 g/mol. The van der Waals surface area contributed by atoms with Gasteiger partial charge in [-0.15, -0.1) is 12.4 Å². The molecule has 0 radical (unpaired) electrons. The third-order valence-electron chi connectivity index (χ3n) is 2.46. The van der Waals surface area contributed by atoms with E-state index in [-0.39, 0.29) is 29.2 Å². The highest BCUT2D eigenvalue weighted by molar-refractivity contribution is 6.32. The minimum atomic E-state index is -0.450. The van der Waals surface area contributed by atoms with Gasteiger partial charge in [-0.05, 0) is 37.0 Å². The van der Waals surface area contributed by atoms with Crippen LogP contribution in [0.3, 0.4) is 0 Å². The predicted octanol–water partition coefficient (Wildman–Crippen LogP) is 4.35. The van der Waals surface area contributed by atoms with Crippen molar-refractivity contribution in [1.29, 1.82) is 0 Å². The van der Waals surface area contributed by atoms with Crippen LogP contribution in [0.15, 0.2) is 12.1 Å². The minimum absolute atomic E-state index is 0. The molecule has 0 aliphatic rings. The molecule has 0 unspecified atom stereocenters. The molecule has 0 bridgehead atoms. The van der Waals surface area contributed by atoms with Gasteiger partial charge < -0.3 is 10.5 Å². The molecule has 0 spiro atoms. The highest BCUT2D eigenvalue weighted by Gasteiger charge is 2.15. The van der Waals surface area contributed by atoms with Crippen molar-refractivity contribution in [3.8, 4) is 5.75 Å². The van der Waals surface area contributed by atoms with Crippen molar-refractivity contribution in [1.82, 2.24) is 0 Å². The lowest BCUT2D eigenvalue weighted by molar-refractivity contribution is 0.321. The summed E-state index contributed by atoms with van der Waals surface area (Å²) in [5.41, 5.74) is 6.70. The molecule has 2 nitrogen and oxygen atoms in total. The number of benzene rings is 1. The number of hydrogen-bond donors (Lipinski definition) is 1. The summed E-state index contributed by atoms with van der Waals surface area (Å²) in [5, 5.41) is 0.279. The van der Waals surface area contributed by atoms with Gasteiger partial charge in [0.15, 0.2) is 11.6 Å². The van der Waals surface area contributed by atoms with Gasteiger partial charge in [-0.1, -0.05) is 25.4 Å². The Morgan fingerprint density at radius 1 is 1.39 bits per heavy atom. The summed E-state index contributed by atoms with van der Waals surface area (Å²) in [4.78, 5) is 0. The van der Waals surface area contributed by atoms with Crippen LogP contribution in [-0.4, -0.2) is 6.61 Å². The van der Waals surface area contributed by atoms with Crippen molar-refractivity contribution in [3.63, 3.8) is 0 Å². The summed E-state index contributed by atoms with van der Waals surface area (Å²) in [6, 6.07) is 2.89. The fourth-order valence-electron chi connectivity index (χ4n) is 1.72. The average molecular weight is 296 g/mol. The summed E-state index contributed by atoms with van der Waals surface area (Å²) in [6.07, 6.45) is 0.795. The van der Waals surface area contributed by atoms with E-state index in [1.54, 1.807) is 13.0 Å². The normalized spacial score (nSPS) is 12.2. The number of halogens is 3. The Morgan fingerprint density at radius 3 is 2.44 bits per heavy atom. The first-order valence-corrected chi connectivity index (χ1v) is 6.20. The molecular weight excluding hydrogens is 276 g/mol. The molecule has 0 fully saturated rings. The van der Waals surface area contributed by atoms with Crippen LogP contribution in [-0.2, 0) is 0 Å². The topological polar surface area (TPSA) is 35.2 Å². The highest BCUT2D eigenvalue weighted by Crippen LogP contribution is 2.32. The Bertz CT molecular complexity index is 362. The molecule has 0 amide bonds. The van der Waals surface area contributed by atoms with Crippen molar-refractivity contribution in [2.75, 3.05) is 6.61 Å². The fourth-order valence-corrected chi connectivity index (χ4v) is 1.99. The van der Waals surface area contributed by atoms with E-state index in [0.717, 1.165) is 6.42 Å². The van der Waals surface area contributed by atoms with Crippen LogP contribution in [0.5, 0.6) is 5.75 Å². The SMILES string of the molecule is CCOc1c(F)cc([C@@H](N)CC(C)C)cc1Cl.Cl. The van der Waals surface area contributed by atoms with E-state index in [4.69, 9.17) is 22.1 Å². The van der Waals surface area contributed by atoms with Crippen LogP contribution in [0.4, 0.5) is 4.39 Å². The summed E-state index contributed by atoms with van der Waals surface area (Å²) >= 11 is 5.97. The van der Waals surface area contributed by atoms with E-state index < -0.39 is 5.82 Å². The molecule has 0 heterocycles. The fraction of sp³-hybridized carbons (Fsp3) is 0.538. The van der Waals surface area contributed by atoms with E-state index in [1.807, 2.05) is 0 Å². The van der Waals surface area contributed by atoms with Gasteiger partial charge in [-0.25, -0.2) is 4.39 Å². The van der Waals surface area contributed by atoms with Gasteiger partial charge in [0.25, 0.3) is 0 Å². The Morgan fingerprint density at radius 2 is 2.00 bits per heavy atom. The van der Waals surface area contributed by atoms with Gasteiger partial charge in [0.2, 0.25) is 0 Å². The van der Waals surface area contributed by atoms with E-state index in [1.165, 1.54) is 6.07 Å². The average Bonchev–Trinajstić information content (AvgIpc) is 2.22. The lowest BCUT2D eigenvalue weighted by Gasteiger charge is -2.16. The lowest BCUT2D eigenvalue weighted by Crippen LogP contribution is -2.13. The summed E-state index contributed by atoms with van der Waals surface area (Å²) in [5.74, 6) is 0.113. The third kappa shape index (κ3) is 4.63. The van der Waals surface area contributed by atoms with Crippen LogP contribution in [0.25, 0.3) is 0 Å². The molecule has 5 heteroatoms. The molecule has 2 N–H and O–H groups in total. The number of hydrogen-bond acceptors (Lipinski definition) is 2. The highest BCUT2D eigenvalue weighted by atomic mass is 35.5. The molecule has 1 aromatic rings.